The summed E-state index contributed by atoms with van der Waals surface area (Å²) in [4.78, 5) is 16.4. The molecule has 1 amide bonds. The van der Waals surface area contributed by atoms with Crippen LogP contribution in [-0.4, -0.2) is 36.2 Å². The molecule has 0 radical (unpaired) electrons. The number of hydrogen-bond donors (Lipinski definition) is 2. The first kappa shape index (κ1) is 14.8. The number of carbonyl (C=O) groups excluding carboxylic acids is 1. The molecule has 0 saturated heterocycles. The monoisotopic (exact) mass is 277 g/mol. The second kappa shape index (κ2) is 7.24. The van der Waals surface area contributed by atoms with Gasteiger partial charge in [-0.3, -0.25) is 4.79 Å². The molecule has 1 aliphatic carbocycles. The lowest BCUT2D eigenvalue weighted by Gasteiger charge is -2.35. The van der Waals surface area contributed by atoms with Crippen LogP contribution in [0, 0.1) is 0 Å². The Bertz CT molecular complexity index is 444. The van der Waals surface area contributed by atoms with Gasteiger partial charge in [0.15, 0.2) is 0 Å². The largest absolute Gasteiger partial charge is 0.378 e. The number of hydrogen-bond acceptors (Lipinski definition) is 4. The van der Waals surface area contributed by atoms with Gasteiger partial charge in [0, 0.05) is 19.2 Å². The number of nitrogens with one attached hydrogen (secondary N) is 2. The Labute approximate surface area is 120 Å². The van der Waals surface area contributed by atoms with E-state index in [1.807, 2.05) is 19.1 Å². The molecule has 2 rings (SSSR count). The maximum atomic E-state index is 12.1. The highest BCUT2D eigenvalue weighted by molar-refractivity contribution is 5.92. The van der Waals surface area contributed by atoms with E-state index in [1.54, 1.807) is 6.07 Å². The van der Waals surface area contributed by atoms with E-state index >= 15 is 0 Å². The summed E-state index contributed by atoms with van der Waals surface area (Å²) in [6, 6.07) is 5.68. The number of ether oxygens (including phenoxy) is 1. The topological polar surface area (TPSA) is 63.2 Å². The van der Waals surface area contributed by atoms with Crippen LogP contribution in [-0.2, 0) is 4.74 Å². The van der Waals surface area contributed by atoms with Gasteiger partial charge >= 0.3 is 0 Å². The summed E-state index contributed by atoms with van der Waals surface area (Å²) in [5.74, 6) is 0.644. The lowest BCUT2D eigenvalue weighted by molar-refractivity contribution is -0.00866. The van der Waals surface area contributed by atoms with Crippen LogP contribution in [0.1, 0.15) is 43.6 Å². The van der Waals surface area contributed by atoms with Gasteiger partial charge < -0.3 is 15.4 Å². The molecule has 0 spiro atoms. The van der Waals surface area contributed by atoms with E-state index in [0.717, 1.165) is 38.2 Å². The number of anilines is 1. The smallest absolute Gasteiger partial charge is 0.270 e. The van der Waals surface area contributed by atoms with Gasteiger partial charge in [-0.05, 0) is 38.3 Å². The lowest BCUT2D eigenvalue weighted by atomic mass is 9.89. The minimum Gasteiger partial charge on any atom is -0.378 e. The average molecular weight is 277 g/mol. The third kappa shape index (κ3) is 3.93. The zero-order chi connectivity index (χ0) is 14.4. The average Bonchev–Trinajstić information content (AvgIpc) is 2.43. The summed E-state index contributed by atoms with van der Waals surface area (Å²) in [5.41, 5.74) is 0.464. The van der Waals surface area contributed by atoms with Crippen molar-refractivity contribution < 1.29 is 9.53 Å². The van der Waals surface area contributed by atoms with Crippen molar-refractivity contribution in [1.82, 2.24) is 10.3 Å². The minimum absolute atomic E-state index is 0.106. The van der Waals surface area contributed by atoms with Gasteiger partial charge in [-0.2, -0.15) is 0 Å². The molecule has 1 heterocycles. The zero-order valence-electron chi connectivity index (χ0n) is 12.2. The Morgan fingerprint density at radius 2 is 2.20 bits per heavy atom. The van der Waals surface area contributed by atoms with Crippen molar-refractivity contribution in [1.29, 1.82) is 0 Å². The molecular weight excluding hydrogens is 254 g/mol. The first-order valence-corrected chi connectivity index (χ1v) is 7.36. The van der Waals surface area contributed by atoms with E-state index in [0.29, 0.717) is 11.8 Å². The summed E-state index contributed by atoms with van der Waals surface area (Å²) in [5, 5.41) is 6.18. The maximum Gasteiger partial charge on any atom is 0.270 e. The first-order valence-electron chi connectivity index (χ1n) is 7.36. The van der Waals surface area contributed by atoms with Gasteiger partial charge in [-0.15, -0.1) is 0 Å². The van der Waals surface area contributed by atoms with Crippen LogP contribution in [0.15, 0.2) is 18.2 Å². The van der Waals surface area contributed by atoms with Crippen molar-refractivity contribution in [3.8, 4) is 0 Å². The van der Waals surface area contributed by atoms with E-state index in [9.17, 15) is 4.79 Å². The maximum absolute atomic E-state index is 12.1. The van der Waals surface area contributed by atoms with Gasteiger partial charge in [-0.1, -0.05) is 13.0 Å². The predicted octanol–water partition coefficient (Wildman–Crippen LogP) is 2.20. The Morgan fingerprint density at radius 3 is 2.90 bits per heavy atom. The van der Waals surface area contributed by atoms with Gasteiger partial charge in [0.1, 0.15) is 11.5 Å². The van der Waals surface area contributed by atoms with Crippen LogP contribution in [0.5, 0.6) is 0 Å². The molecule has 0 aromatic carbocycles. The number of amides is 1. The van der Waals surface area contributed by atoms with Gasteiger partial charge in [0.2, 0.25) is 0 Å². The second-order valence-electron chi connectivity index (χ2n) is 5.05. The molecule has 110 valence electrons. The summed E-state index contributed by atoms with van der Waals surface area (Å²) >= 11 is 0. The fourth-order valence-electron chi connectivity index (χ4n) is 2.23. The Hall–Kier alpha value is -1.62. The van der Waals surface area contributed by atoms with Crippen LogP contribution in [0.4, 0.5) is 5.82 Å². The fourth-order valence-corrected chi connectivity index (χ4v) is 2.23. The quantitative estimate of drug-likeness (QED) is 0.802. The SMILES string of the molecule is CCCNc1cccc(C(=O)NC2CC(OCC)C2)n1. The molecule has 1 aromatic heterocycles. The molecule has 0 unspecified atom stereocenters. The van der Waals surface area contributed by atoms with E-state index in [4.69, 9.17) is 4.74 Å². The van der Waals surface area contributed by atoms with Crippen LogP contribution in [0.25, 0.3) is 0 Å². The molecule has 2 N–H and O–H groups in total. The first-order chi connectivity index (χ1) is 9.72. The standard InChI is InChI=1S/C15H23N3O2/c1-3-8-16-14-7-5-6-13(18-14)15(19)17-11-9-12(10-11)20-4-2/h5-7,11-12H,3-4,8-10H2,1-2H3,(H,16,18)(H,17,19). The third-order valence-corrected chi connectivity index (χ3v) is 3.37. The summed E-state index contributed by atoms with van der Waals surface area (Å²) < 4.78 is 5.48. The van der Waals surface area contributed by atoms with E-state index in [2.05, 4.69) is 22.5 Å². The lowest BCUT2D eigenvalue weighted by Crippen LogP contribution is -2.48. The molecular formula is C15H23N3O2. The van der Waals surface area contributed by atoms with Crippen molar-refractivity contribution in [2.45, 2.75) is 45.3 Å². The van der Waals surface area contributed by atoms with Crippen LogP contribution < -0.4 is 10.6 Å². The van der Waals surface area contributed by atoms with Crippen molar-refractivity contribution in [3.63, 3.8) is 0 Å². The van der Waals surface area contributed by atoms with E-state index in [1.165, 1.54) is 0 Å². The molecule has 0 atom stereocenters. The molecule has 0 aliphatic heterocycles. The highest BCUT2D eigenvalue weighted by Gasteiger charge is 2.31. The number of aromatic nitrogens is 1. The Morgan fingerprint density at radius 1 is 1.40 bits per heavy atom. The Balaban J connectivity index is 1.83. The van der Waals surface area contributed by atoms with Gasteiger partial charge in [-0.25, -0.2) is 4.98 Å². The molecule has 1 aliphatic rings. The second-order valence-corrected chi connectivity index (χ2v) is 5.05. The predicted molar refractivity (Wildman–Crippen MR) is 78.9 cm³/mol. The van der Waals surface area contributed by atoms with Crippen molar-refractivity contribution in [2.75, 3.05) is 18.5 Å². The van der Waals surface area contributed by atoms with E-state index < -0.39 is 0 Å². The minimum atomic E-state index is -0.106. The summed E-state index contributed by atoms with van der Waals surface area (Å²) in [6.07, 6.45) is 3.12. The summed E-state index contributed by atoms with van der Waals surface area (Å²) in [7, 11) is 0. The molecule has 1 saturated carbocycles. The zero-order valence-corrected chi connectivity index (χ0v) is 12.2. The van der Waals surface area contributed by atoms with Crippen molar-refractivity contribution >= 4 is 11.7 Å². The molecule has 20 heavy (non-hydrogen) atoms. The summed E-state index contributed by atoms with van der Waals surface area (Å²) in [6.45, 7) is 5.67. The number of carbonyl (C=O) groups is 1. The van der Waals surface area contributed by atoms with Gasteiger partial charge in [0.05, 0.1) is 6.10 Å². The highest BCUT2D eigenvalue weighted by Crippen LogP contribution is 2.23. The van der Waals surface area contributed by atoms with Crippen LogP contribution in [0.3, 0.4) is 0 Å². The number of rotatable bonds is 7. The van der Waals surface area contributed by atoms with Crippen molar-refractivity contribution in [2.24, 2.45) is 0 Å². The highest BCUT2D eigenvalue weighted by atomic mass is 16.5. The molecule has 0 bridgehead atoms. The third-order valence-electron chi connectivity index (χ3n) is 3.37. The van der Waals surface area contributed by atoms with Crippen molar-refractivity contribution in [3.05, 3.63) is 23.9 Å². The normalized spacial score (nSPS) is 21.1. The number of nitrogens with zero attached hydrogens (tertiary/aromatic N) is 1. The number of pyridine rings is 1. The van der Waals surface area contributed by atoms with Crippen LogP contribution in [0.2, 0.25) is 0 Å². The molecule has 5 heteroatoms. The molecule has 1 fully saturated rings. The fraction of sp³-hybridized carbons (Fsp3) is 0.600. The van der Waals surface area contributed by atoms with E-state index in [-0.39, 0.29) is 11.9 Å². The molecule has 5 nitrogen and oxygen atoms in total. The van der Waals surface area contributed by atoms with Crippen LogP contribution >= 0.6 is 0 Å². The Kier molecular flexibility index (Phi) is 5.35. The molecule has 1 aromatic rings. The van der Waals surface area contributed by atoms with Gasteiger partial charge in [0.25, 0.3) is 5.91 Å².